The second-order valence-electron chi connectivity index (χ2n) is 20.0. The third-order valence-corrected chi connectivity index (χ3v) is 13.5. The summed E-state index contributed by atoms with van der Waals surface area (Å²) in [4.78, 5) is 24.5. The lowest BCUT2D eigenvalue weighted by Crippen LogP contribution is -2.45. The van der Waals surface area contributed by atoms with Crippen molar-refractivity contribution in [1.82, 2.24) is 5.32 Å². The summed E-state index contributed by atoms with van der Waals surface area (Å²) < 4.78 is 5.47. The smallest absolute Gasteiger partial charge is 0.305 e. The van der Waals surface area contributed by atoms with Gasteiger partial charge in [0.25, 0.3) is 0 Å². The van der Waals surface area contributed by atoms with Crippen LogP contribution in [0.25, 0.3) is 0 Å². The molecule has 3 N–H and O–H groups in total. The first kappa shape index (κ1) is 63.3. The second-order valence-corrected chi connectivity index (χ2v) is 20.0. The predicted octanol–water partition coefficient (Wildman–Crippen LogP) is 17.9. The van der Waals surface area contributed by atoms with Gasteiger partial charge in [-0.15, -0.1) is 0 Å². The number of esters is 1. The van der Waals surface area contributed by atoms with E-state index in [1.54, 1.807) is 0 Å². The Morgan fingerprint density at radius 1 is 0.431 bits per heavy atom. The van der Waals surface area contributed by atoms with Gasteiger partial charge >= 0.3 is 5.97 Å². The zero-order valence-electron chi connectivity index (χ0n) is 43.7. The fourth-order valence-corrected chi connectivity index (χ4v) is 9.02. The molecule has 0 aliphatic rings. The molecule has 65 heavy (non-hydrogen) atoms. The molecule has 0 heterocycles. The second kappa shape index (κ2) is 54.9. The first-order valence-electron chi connectivity index (χ1n) is 29.1. The van der Waals surface area contributed by atoms with Crippen LogP contribution in [-0.2, 0) is 14.3 Å². The minimum Gasteiger partial charge on any atom is -0.466 e. The Labute approximate surface area is 405 Å². The molecule has 0 fully saturated rings. The predicted molar refractivity (Wildman–Crippen MR) is 283 cm³/mol. The van der Waals surface area contributed by atoms with E-state index in [4.69, 9.17) is 4.74 Å². The number of rotatable bonds is 54. The van der Waals surface area contributed by atoms with E-state index < -0.39 is 12.1 Å². The van der Waals surface area contributed by atoms with Crippen molar-refractivity contribution in [1.29, 1.82) is 0 Å². The van der Waals surface area contributed by atoms with Crippen molar-refractivity contribution in [3.8, 4) is 0 Å². The largest absolute Gasteiger partial charge is 0.466 e. The molecule has 0 aromatic carbocycles. The Bertz CT molecular complexity index is 1010. The summed E-state index contributed by atoms with van der Waals surface area (Å²) in [6.07, 6.45) is 65.9. The molecule has 0 rings (SSSR count). The average Bonchev–Trinajstić information content (AvgIpc) is 3.31. The highest BCUT2D eigenvalue weighted by atomic mass is 16.5. The van der Waals surface area contributed by atoms with Crippen molar-refractivity contribution in [3.05, 3.63) is 24.3 Å². The third kappa shape index (κ3) is 51.6. The molecule has 0 radical (unpaired) electrons. The van der Waals surface area contributed by atoms with Crippen LogP contribution in [0.4, 0.5) is 0 Å². The molecule has 2 atom stereocenters. The molecule has 0 spiro atoms. The maximum atomic E-state index is 12.5. The minimum absolute atomic E-state index is 0.00638. The number of ether oxygens (including phenoxy) is 1. The van der Waals surface area contributed by atoms with Crippen LogP contribution in [0.3, 0.4) is 0 Å². The van der Waals surface area contributed by atoms with E-state index in [-0.39, 0.29) is 18.5 Å². The molecule has 6 heteroatoms. The van der Waals surface area contributed by atoms with Crippen LogP contribution in [0.2, 0.25) is 0 Å². The van der Waals surface area contributed by atoms with Gasteiger partial charge in [-0.3, -0.25) is 9.59 Å². The van der Waals surface area contributed by atoms with E-state index in [0.717, 1.165) is 51.4 Å². The van der Waals surface area contributed by atoms with Gasteiger partial charge in [0.15, 0.2) is 0 Å². The maximum Gasteiger partial charge on any atom is 0.305 e. The Morgan fingerprint density at radius 3 is 1.20 bits per heavy atom. The lowest BCUT2D eigenvalue weighted by Gasteiger charge is -2.22. The highest BCUT2D eigenvalue weighted by Crippen LogP contribution is 2.17. The molecule has 2 unspecified atom stereocenters. The van der Waals surface area contributed by atoms with Crippen LogP contribution >= 0.6 is 0 Å². The van der Waals surface area contributed by atoms with Crippen molar-refractivity contribution in [3.63, 3.8) is 0 Å². The molecule has 0 saturated heterocycles. The number of amides is 1. The number of nitrogens with one attached hydrogen (secondary N) is 1. The van der Waals surface area contributed by atoms with Crippen LogP contribution in [0.5, 0.6) is 0 Å². The molecule has 1 amide bonds. The van der Waals surface area contributed by atoms with Gasteiger partial charge in [0.2, 0.25) is 5.91 Å². The van der Waals surface area contributed by atoms with Crippen LogP contribution in [0, 0.1) is 0 Å². The first-order valence-corrected chi connectivity index (χ1v) is 29.1. The topological polar surface area (TPSA) is 95.9 Å². The number of allylic oxidation sites excluding steroid dienone is 4. The normalized spacial score (nSPS) is 12.7. The Kier molecular flexibility index (Phi) is 53.5. The number of carbonyl (C=O) groups excluding carboxylic acids is 2. The standard InChI is InChI=1S/C59H113NO5/c1-3-5-7-9-11-13-15-17-23-27-31-35-39-43-47-51-57(62)56(55-61)60-58(63)52-48-44-40-36-32-28-25-21-19-20-22-26-30-34-38-42-46-50-54-65-59(64)53-49-45-41-37-33-29-24-18-16-14-12-10-8-6-4-2/h12,14,18,24,56-57,61-62H,3-11,13,15-17,19-23,25-55H2,1-2H3,(H,60,63)/b14-12-,24-18-. The van der Waals surface area contributed by atoms with Crippen molar-refractivity contribution in [2.45, 2.75) is 328 Å². The number of aliphatic hydroxyl groups is 2. The Balaban J connectivity index is 3.41. The van der Waals surface area contributed by atoms with Crippen LogP contribution in [0.1, 0.15) is 316 Å². The van der Waals surface area contributed by atoms with E-state index in [1.807, 2.05) is 0 Å². The molecule has 384 valence electrons. The number of aliphatic hydroxyl groups excluding tert-OH is 2. The molecule has 0 aromatic rings. The van der Waals surface area contributed by atoms with E-state index in [9.17, 15) is 19.8 Å². The Morgan fingerprint density at radius 2 is 0.769 bits per heavy atom. The van der Waals surface area contributed by atoms with E-state index >= 15 is 0 Å². The summed E-state index contributed by atoms with van der Waals surface area (Å²) in [5.41, 5.74) is 0. The van der Waals surface area contributed by atoms with E-state index in [2.05, 4.69) is 43.5 Å². The summed E-state index contributed by atoms with van der Waals surface area (Å²) in [7, 11) is 0. The molecular formula is C59H113NO5. The lowest BCUT2D eigenvalue weighted by atomic mass is 10.0. The van der Waals surface area contributed by atoms with Crippen molar-refractivity contribution < 1.29 is 24.5 Å². The van der Waals surface area contributed by atoms with Gasteiger partial charge in [0.05, 0.1) is 25.4 Å². The monoisotopic (exact) mass is 916 g/mol. The van der Waals surface area contributed by atoms with Gasteiger partial charge in [0.1, 0.15) is 0 Å². The number of hydrogen-bond acceptors (Lipinski definition) is 5. The van der Waals surface area contributed by atoms with Crippen molar-refractivity contribution in [2.75, 3.05) is 13.2 Å². The molecule has 0 aliphatic heterocycles. The average molecular weight is 917 g/mol. The number of hydrogen-bond donors (Lipinski definition) is 3. The molecule has 0 aromatic heterocycles. The zero-order valence-corrected chi connectivity index (χ0v) is 43.7. The highest BCUT2D eigenvalue weighted by molar-refractivity contribution is 5.76. The fourth-order valence-electron chi connectivity index (χ4n) is 9.02. The fraction of sp³-hybridized carbons (Fsp3) is 0.898. The summed E-state index contributed by atoms with van der Waals surface area (Å²) >= 11 is 0. The molecule has 0 aliphatic carbocycles. The van der Waals surface area contributed by atoms with Gasteiger partial charge in [-0.25, -0.2) is 0 Å². The summed E-state index contributed by atoms with van der Waals surface area (Å²) in [6, 6.07) is -0.544. The lowest BCUT2D eigenvalue weighted by molar-refractivity contribution is -0.143. The van der Waals surface area contributed by atoms with Gasteiger partial charge in [-0.2, -0.15) is 0 Å². The van der Waals surface area contributed by atoms with Gasteiger partial charge < -0.3 is 20.3 Å². The molecule has 6 nitrogen and oxygen atoms in total. The summed E-state index contributed by atoms with van der Waals surface area (Å²) in [5, 5.41) is 23.3. The molecular weight excluding hydrogens is 803 g/mol. The summed E-state index contributed by atoms with van der Waals surface area (Å²) in [6.45, 7) is 4.92. The van der Waals surface area contributed by atoms with Crippen LogP contribution in [-0.4, -0.2) is 47.4 Å². The highest BCUT2D eigenvalue weighted by Gasteiger charge is 2.20. The number of unbranched alkanes of at least 4 members (excludes halogenated alkanes) is 39. The van der Waals surface area contributed by atoms with Gasteiger partial charge in [-0.1, -0.05) is 269 Å². The Hall–Kier alpha value is -1.66. The zero-order chi connectivity index (χ0) is 47.2. The SMILES string of the molecule is CCCCC/C=C\C/C=C\CCCCCCCC(=O)OCCCCCCCCCCCCCCCCCCCCC(=O)NC(CO)C(O)CCCCCCCCCCCCCCCCC. The molecule has 0 bridgehead atoms. The van der Waals surface area contributed by atoms with Crippen molar-refractivity contribution >= 4 is 11.9 Å². The van der Waals surface area contributed by atoms with E-state index in [1.165, 1.54) is 231 Å². The first-order chi connectivity index (χ1) is 32.0. The third-order valence-electron chi connectivity index (χ3n) is 13.5. The van der Waals surface area contributed by atoms with Gasteiger partial charge in [0, 0.05) is 12.8 Å². The molecule has 0 saturated carbocycles. The summed E-state index contributed by atoms with van der Waals surface area (Å²) in [5.74, 6) is -0.0443. The van der Waals surface area contributed by atoms with Crippen LogP contribution < -0.4 is 5.32 Å². The van der Waals surface area contributed by atoms with E-state index in [0.29, 0.717) is 25.9 Å². The maximum absolute atomic E-state index is 12.5. The van der Waals surface area contributed by atoms with Crippen LogP contribution in [0.15, 0.2) is 24.3 Å². The van der Waals surface area contributed by atoms with Crippen molar-refractivity contribution in [2.24, 2.45) is 0 Å². The quantitative estimate of drug-likeness (QED) is 0.0321. The minimum atomic E-state index is -0.667. The number of carbonyl (C=O) groups is 2. The van der Waals surface area contributed by atoms with Gasteiger partial charge in [-0.05, 0) is 57.8 Å².